The molecule has 0 aliphatic heterocycles. The van der Waals surface area contributed by atoms with Crippen LogP contribution in [0.4, 0.5) is 0 Å². The van der Waals surface area contributed by atoms with Gasteiger partial charge in [-0.2, -0.15) is 5.26 Å². The minimum atomic E-state index is 0.586. The molecule has 5 nitrogen and oxygen atoms in total. The second-order valence-electron chi connectivity index (χ2n) is 4.89. The number of hydrogen-bond acceptors (Lipinski definition) is 4. The van der Waals surface area contributed by atoms with E-state index in [0.717, 1.165) is 22.6 Å². The average molecular weight is 290 g/mol. The standard InChI is InChI=1S/C17H14N4O/c1-12-6-7-16(22-2)15(8-12)21-11-19-20-17(21)14-5-3-4-13(9-14)10-18/h3-9,11H,1-2H3. The number of aryl methyl sites for hydroxylation is 1. The van der Waals surface area contributed by atoms with Crippen LogP contribution in [0.2, 0.25) is 0 Å². The molecule has 0 atom stereocenters. The molecule has 0 saturated carbocycles. The summed E-state index contributed by atoms with van der Waals surface area (Å²) in [6.07, 6.45) is 1.64. The molecule has 0 aliphatic rings. The second kappa shape index (κ2) is 5.70. The van der Waals surface area contributed by atoms with Gasteiger partial charge in [-0.05, 0) is 36.8 Å². The van der Waals surface area contributed by atoms with Crippen LogP contribution in [-0.4, -0.2) is 21.9 Å². The van der Waals surface area contributed by atoms with Crippen LogP contribution in [0, 0.1) is 18.3 Å². The molecule has 0 radical (unpaired) electrons. The molecule has 0 saturated heterocycles. The third-order valence-electron chi connectivity index (χ3n) is 3.39. The van der Waals surface area contributed by atoms with Gasteiger partial charge in [-0.1, -0.05) is 18.2 Å². The molecule has 1 aromatic heterocycles. The Bertz CT molecular complexity index is 861. The van der Waals surface area contributed by atoms with Gasteiger partial charge in [0.25, 0.3) is 0 Å². The number of nitriles is 1. The summed E-state index contributed by atoms with van der Waals surface area (Å²) in [6.45, 7) is 2.02. The van der Waals surface area contributed by atoms with Crippen LogP contribution in [0.1, 0.15) is 11.1 Å². The number of ether oxygens (including phenoxy) is 1. The molecular weight excluding hydrogens is 276 g/mol. The first-order chi connectivity index (χ1) is 10.7. The number of aromatic nitrogens is 3. The summed E-state index contributed by atoms with van der Waals surface area (Å²) >= 11 is 0. The van der Waals surface area contributed by atoms with E-state index in [9.17, 15) is 0 Å². The zero-order valence-electron chi connectivity index (χ0n) is 12.3. The maximum atomic E-state index is 9.05. The lowest BCUT2D eigenvalue weighted by molar-refractivity contribution is 0.413. The first-order valence-corrected chi connectivity index (χ1v) is 6.78. The number of benzene rings is 2. The van der Waals surface area contributed by atoms with Crippen molar-refractivity contribution in [1.82, 2.24) is 14.8 Å². The summed E-state index contributed by atoms with van der Waals surface area (Å²) in [7, 11) is 1.63. The first kappa shape index (κ1) is 13.8. The monoisotopic (exact) mass is 290 g/mol. The summed E-state index contributed by atoms with van der Waals surface area (Å²) < 4.78 is 7.29. The fourth-order valence-corrected chi connectivity index (χ4v) is 2.32. The highest BCUT2D eigenvalue weighted by Crippen LogP contribution is 2.28. The predicted molar refractivity (Wildman–Crippen MR) is 82.8 cm³/mol. The highest BCUT2D eigenvalue weighted by atomic mass is 16.5. The molecule has 3 aromatic rings. The largest absolute Gasteiger partial charge is 0.495 e. The molecule has 0 aliphatic carbocycles. The number of methoxy groups -OCH3 is 1. The molecule has 1 heterocycles. The van der Waals surface area contributed by atoms with Gasteiger partial charge in [0.1, 0.15) is 12.1 Å². The smallest absolute Gasteiger partial charge is 0.168 e. The second-order valence-corrected chi connectivity index (χ2v) is 4.89. The lowest BCUT2D eigenvalue weighted by Gasteiger charge is -2.12. The zero-order chi connectivity index (χ0) is 15.5. The fourth-order valence-electron chi connectivity index (χ4n) is 2.32. The van der Waals surface area contributed by atoms with Crippen molar-refractivity contribution < 1.29 is 4.74 Å². The zero-order valence-corrected chi connectivity index (χ0v) is 12.3. The highest BCUT2D eigenvalue weighted by Gasteiger charge is 2.13. The molecular formula is C17H14N4O. The Labute approximate surface area is 128 Å². The number of nitrogens with zero attached hydrogens (tertiary/aromatic N) is 4. The van der Waals surface area contributed by atoms with Crippen LogP contribution >= 0.6 is 0 Å². The van der Waals surface area contributed by atoms with E-state index in [0.29, 0.717) is 11.4 Å². The van der Waals surface area contributed by atoms with Gasteiger partial charge in [-0.15, -0.1) is 10.2 Å². The third kappa shape index (κ3) is 2.42. The van der Waals surface area contributed by atoms with E-state index < -0.39 is 0 Å². The number of hydrogen-bond donors (Lipinski definition) is 0. The normalized spacial score (nSPS) is 10.2. The van der Waals surface area contributed by atoms with Crippen molar-refractivity contribution in [2.24, 2.45) is 0 Å². The van der Waals surface area contributed by atoms with Crippen molar-refractivity contribution in [1.29, 1.82) is 5.26 Å². The van der Waals surface area contributed by atoms with Gasteiger partial charge >= 0.3 is 0 Å². The first-order valence-electron chi connectivity index (χ1n) is 6.78. The number of rotatable bonds is 3. The quantitative estimate of drug-likeness (QED) is 0.743. The topological polar surface area (TPSA) is 63.7 Å². The van der Waals surface area contributed by atoms with Gasteiger partial charge in [-0.3, -0.25) is 4.57 Å². The average Bonchev–Trinajstić information content (AvgIpc) is 3.04. The molecule has 2 aromatic carbocycles. The van der Waals surface area contributed by atoms with Gasteiger partial charge in [0, 0.05) is 5.56 Å². The summed E-state index contributed by atoms with van der Waals surface area (Å²) in [5, 5.41) is 17.3. The molecule has 0 spiro atoms. The van der Waals surface area contributed by atoms with Gasteiger partial charge < -0.3 is 4.74 Å². The van der Waals surface area contributed by atoms with Crippen LogP contribution < -0.4 is 4.74 Å². The highest BCUT2D eigenvalue weighted by molar-refractivity contribution is 5.62. The van der Waals surface area contributed by atoms with Crippen molar-refractivity contribution >= 4 is 0 Å². The van der Waals surface area contributed by atoms with Gasteiger partial charge in [-0.25, -0.2) is 0 Å². The van der Waals surface area contributed by atoms with Crippen molar-refractivity contribution in [2.75, 3.05) is 7.11 Å². The SMILES string of the molecule is COc1ccc(C)cc1-n1cnnc1-c1cccc(C#N)c1. The lowest BCUT2D eigenvalue weighted by atomic mass is 10.1. The van der Waals surface area contributed by atoms with Crippen LogP contribution in [0.25, 0.3) is 17.1 Å². The van der Waals surface area contributed by atoms with E-state index >= 15 is 0 Å². The molecule has 0 unspecified atom stereocenters. The van der Waals surface area contributed by atoms with E-state index in [1.165, 1.54) is 0 Å². The van der Waals surface area contributed by atoms with Crippen molar-refractivity contribution in [3.63, 3.8) is 0 Å². The van der Waals surface area contributed by atoms with Crippen LogP contribution in [0.15, 0.2) is 48.8 Å². The third-order valence-corrected chi connectivity index (χ3v) is 3.39. The Kier molecular flexibility index (Phi) is 3.58. The Balaban J connectivity index is 2.17. The molecule has 3 rings (SSSR count). The molecule has 22 heavy (non-hydrogen) atoms. The Morgan fingerprint density at radius 3 is 2.82 bits per heavy atom. The molecule has 108 valence electrons. The van der Waals surface area contributed by atoms with Crippen molar-refractivity contribution in [3.05, 3.63) is 59.9 Å². The summed E-state index contributed by atoms with van der Waals surface area (Å²) in [4.78, 5) is 0. The maximum absolute atomic E-state index is 9.05. The Morgan fingerprint density at radius 2 is 2.05 bits per heavy atom. The van der Waals surface area contributed by atoms with Crippen LogP contribution in [-0.2, 0) is 0 Å². The van der Waals surface area contributed by atoms with Gasteiger partial charge in [0.2, 0.25) is 0 Å². The van der Waals surface area contributed by atoms with E-state index in [1.54, 1.807) is 25.6 Å². The minimum absolute atomic E-state index is 0.586. The van der Waals surface area contributed by atoms with E-state index in [1.807, 2.05) is 41.8 Å². The van der Waals surface area contributed by atoms with E-state index in [-0.39, 0.29) is 0 Å². The van der Waals surface area contributed by atoms with E-state index in [4.69, 9.17) is 10.00 Å². The predicted octanol–water partition coefficient (Wildman–Crippen LogP) is 3.12. The molecule has 0 amide bonds. The summed E-state index contributed by atoms with van der Waals surface area (Å²) in [6, 6.07) is 15.4. The minimum Gasteiger partial charge on any atom is -0.495 e. The fraction of sp³-hybridized carbons (Fsp3) is 0.118. The molecule has 0 bridgehead atoms. The Morgan fingerprint density at radius 1 is 1.18 bits per heavy atom. The van der Waals surface area contributed by atoms with Gasteiger partial charge in [0.15, 0.2) is 5.82 Å². The van der Waals surface area contributed by atoms with Crippen molar-refractivity contribution in [2.45, 2.75) is 6.92 Å². The lowest BCUT2D eigenvalue weighted by Crippen LogP contribution is -2.00. The van der Waals surface area contributed by atoms with Crippen LogP contribution in [0.5, 0.6) is 5.75 Å². The van der Waals surface area contributed by atoms with Crippen LogP contribution in [0.3, 0.4) is 0 Å². The summed E-state index contributed by atoms with van der Waals surface area (Å²) in [5.41, 5.74) is 3.40. The molecule has 0 N–H and O–H groups in total. The molecule has 0 fully saturated rings. The Hall–Kier alpha value is -3.13. The maximum Gasteiger partial charge on any atom is 0.168 e. The summed E-state index contributed by atoms with van der Waals surface area (Å²) in [5.74, 6) is 1.41. The van der Waals surface area contributed by atoms with E-state index in [2.05, 4.69) is 16.3 Å². The molecule has 5 heteroatoms. The van der Waals surface area contributed by atoms with Crippen molar-refractivity contribution in [3.8, 4) is 28.9 Å². The van der Waals surface area contributed by atoms with Gasteiger partial charge in [0.05, 0.1) is 24.4 Å².